The summed E-state index contributed by atoms with van der Waals surface area (Å²) in [6.45, 7) is 0. The van der Waals surface area contributed by atoms with Crippen molar-refractivity contribution >= 4 is 93.1 Å². The molecule has 2 N–H and O–H groups in total. The third-order valence-corrected chi connectivity index (χ3v) is 21.2. The zero-order valence-corrected chi connectivity index (χ0v) is 62.0. The maximum atomic E-state index is 9.71. The monoisotopic (exact) mass is 1500 g/mol. The number of nitrogens with zero attached hydrogens (tertiary/aromatic N) is 8. The minimum atomic E-state index is -1.57. The lowest BCUT2D eigenvalue weighted by atomic mass is 9.79. The largest absolute Gasteiger partial charge is 0.488 e. The SMILES string of the molecule is Brc1c2ccccc2c(-c2ccccc2)c2ccccc12.OB(O)c1cccc(-c2cc(-c3cc4ccccc4cn3)nc(-c3cccc(-c4cccnc4)c3)n2)c1.c1ccc(-c2c3ccccc3c(-c3cccc(-c4cc(-c5cncc6ccccc56)nc(-c5cccc(-c6cccnc6)c5)n4)c3)c3ccccc23)cc1. The van der Waals surface area contributed by atoms with E-state index in [1.165, 1.54) is 75.4 Å². The van der Waals surface area contributed by atoms with Gasteiger partial charge in [-0.05, 0) is 174 Å². The molecule has 0 saturated carbocycles. The first kappa shape index (κ1) is 69.6. The Balaban J connectivity index is 0.000000130. The average Bonchev–Trinajstić information content (AvgIpc) is 0.726. The molecule has 20 rings (SSSR count). The first-order valence-electron chi connectivity index (χ1n) is 37.0. The molecule has 0 saturated heterocycles. The lowest BCUT2D eigenvalue weighted by molar-refractivity contribution is 0.426. The molecule has 0 atom stereocenters. The van der Waals surface area contributed by atoms with Gasteiger partial charge in [0, 0.05) is 92.0 Å². The summed E-state index contributed by atoms with van der Waals surface area (Å²) in [5.74, 6) is 1.19. The summed E-state index contributed by atoms with van der Waals surface area (Å²) in [5, 5.41) is 33.7. The Morgan fingerprint density at radius 2 is 0.616 bits per heavy atom. The number of aromatic nitrogens is 8. The van der Waals surface area contributed by atoms with Gasteiger partial charge in [0.2, 0.25) is 0 Å². The first-order chi connectivity index (χ1) is 55.3. The fourth-order valence-corrected chi connectivity index (χ4v) is 15.7. The Morgan fingerprint density at radius 1 is 0.232 bits per heavy atom. The molecule has 6 aromatic heterocycles. The van der Waals surface area contributed by atoms with Crippen molar-refractivity contribution in [2.75, 3.05) is 0 Å². The minimum absolute atomic E-state index is 0.390. The topological polar surface area (TPSA) is 144 Å². The third kappa shape index (κ3) is 14.2. The van der Waals surface area contributed by atoms with Crippen LogP contribution in [0.3, 0.4) is 0 Å². The van der Waals surface area contributed by atoms with Gasteiger partial charge in [-0.15, -0.1) is 0 Å². The average molecular weight is 1500 g/mol. The number of pyridine rings is 4. The zero-order valence-electron chi connectivity index (χ0n) is 60.4. The molecule has 10 nitrogen and oxygen atoms in total. The fourth-order valence-electron chi connectivity index (χ4n) is 15.0. The quantitative estimate of drug-likeness (QED) is 0.0896. The van der Waals surface area contributed by atoms with Crippen LogP contribution in [-0.2, 0) is 0 Å². The molecular weight excluding hydrogens is 1440 g/mol. The Hall–Kier alpha value is -14.1. The van der Waals surface area contributed by atoms with Crippen LogP contribution in [0.25, 0.3) is 188 Å². The van der Waals surface area contributed by atoms with Crippen LogP contribution in [0.2, 0.25) is 0 Å². The fraction of sp³-hybridized carbons (Fsp3) is 0. The van der Waals surface area contributed by atoms with Gasteiger partial charge >= 0.3 is 7.12 Å². The van der Waals surface area contributed by atoms with Gasteiger partial charge in [0.15, 0.2) is 11.6 Å². The van der Waals surface area contributed by atoms with Crippen molar-refractivity contribution < 1.29 is 10.0 Å². The van der Waals surface area contributed by atoms with Crippen LogP contribution in [0.5, 0.6) is 0 Å². The molecule has 14 aromatic carbocycles. The predicted molar refractivity (Wildman–Crippen MR) is 464 cm³/mol. The van der Waals surface area contributed by atoms with Gasteiger partial charge in [0.1, 0.15) is 0 Å². The molecule has 0 radical (unpaired) electrons. The molecule has 0 bridgehead atoms. The van der Waals surface area contributed by atoms with Gasteiger partial charge in [-0.25, -0.2) is 19.9 Å². The molecule has 0 amide bonds. The number of hydrogen-bond acceptors (Lipinski definition) is 10. The summed E-state index contributed by atoms with van der Waals surface area (Å²) in [4.78, 5) is 38.2. The summed E-state index contributed by atoms with van der Waals surface area (Å²) >= 11 is 3.79. The Morgan fingerprint density at radius 3 is 1.14 bits per heavy atom. The van der Waals surface area contributed by atoms with Crippen LogP contribution in [0, 0.1) is 0 Å². The number of halogens is 1. The normalized spacial score (nSPS) is 11.2. The molecule has 0 unspecified atom stereocenters. The van der Waals surface area contributed by atoms with Crippen LogP contribution in [0.4, 0.5) is 0 Å². The number of hydrogen-bond donors (Lipinski definition) is 2. The molecule has 0 fully saturated rings. The van der Waals surface area contributed by atoms with Crippen molar-refractivity contribution in [2.45, 2.75) is 0 Å². The van der Waals surface area contributed by atoms with Crippen molar-refractivity contribution in [1.82, 2.24) is 39.9 Å². The van der Waals surface area contributed by atoms with Gasteiger partial charge in [0.25, 0.3) is 0 Å². The van der Waals surface area contributed by atoms with E-state index in [-0.39, 0.29) is 0 Å². The molecule has 528 valence electrons. The molecular formula is C100H66BBrN8O2. The number of rotatable bonds is 12. The highest BCUT2D eigenvalue weighted by Crippen LogP contribution is 2.46. The maximum Gasteiger partial charge on any atom is 0.488 e. The summed E-state index contributed by atoms with van der Waals surface area (Å²) in [6, 6.07) is 119. The van der Waals surface area contributed by atoms with Crippen LogP contribution < -0.4 is 5.46 Å². The first-order valence-corrected chi connectivity index (χ1v) is 37.8. The molecule has 12 heteroatoms. The summed E-state index contributed by atoms with van der Waals surface area (Å²) in [7, 11) is -1.57. The molecule has 20 aromatic rings. The standard InChI is InChI=1S/C50H32N4.C30H21BN4O2.C20H13Br/c1-2-13-33(14-3-1)48-41-22-6-8-24-43(41)49(44-25-9-7-23-42(44)48)36-18-11-17-35(28-36)46-29-47(45-32-52-31-39-15-4-5-21-40(39)45)54-50(53-46)37-19-10-16-34(27-37)38-20-12-26-51-30-38;36-31(37)26-12-4-9-22(15-26)27-17-29(28-16-21-6-1-2-7-25(21)19-33-28)35-30(34-27)23-10-3-8-20(14-23)24-11-5-13-32-18-24;21-20-17-12-6-4-10-15(17)19(14-8-2-1-3-9-14)16-11-5-7-13-18(16)20/h1-32H;1-19,36-37H;1-13H. The molecule has 0 spiro atoms. The molecule has 0 aliphatic carbocycles. The lowest BCUT2D eigenvalue weighted by Crippen LogP contribution is -2.29. The van der Waals surface area contributed by atoms with Gasteiger partial charge in [-0.2, -0.15) is 0 Å². The number of fused-ring (bicyclic) bond motifs is 6. The molecule has 0 aliphatic rings. The van der Waals surface area contributed by atoms with E-state index >= 15 is 0 Å². The summed E-state index contributed by atoms with van der Waals surface area (Å²) in [5.41, 5.74) is 20.1. The van der Waals surface area contributed by atoms with E-state index in [2.05, 4.69) is 272 Å². The van der Waals surface area contributed by atoms with Crippen molar-refractivity contribution in [3.05, 3.63) is 394 Å². The van der Waals surface area contributed by atoms with E-state index in [1.807, 2.05) is 122 Å². The predicted octanol–water partition coefficient (Wildman–Crippen LogP) is 23.9. The van der Waals surface area contributed by atoms with Crippen molar-refractivity contribution in [2.24, 2.45) is 0 Å². The van der Waals surface area contributed by atoms with Crippen LogP contribution in [0.15, 0.2) is 394 Å². The second-order valence-corrected chi connectivity index (χ2v) is 28.1. The second kappa shape index (κ2) is 31.2. The van der Waals surface area contributed by atoms with Crippen LogP contribution >= 0.6 is 15.9 Å². The van der Waals surface area contributed by atoms with Crippen molar-refractivity contribution in [3.8, 4) is 124 Å². The van der Waals surface area contributed by atoms with Crippen molar-refractivity contribution in [1.29, 1.82) is 0 Å². The Kier molecular flexibility index (Phi) is 19.4. The molecule has 6 heterocycles. The van der Waals surface area contributed by atoms with Crippen LogP contribution in [0.1, 0.15) is 0 Å². The molecule has 0 aliphatic heterocycles. The zero-order chi connectivity index (χ0) is 75.3. The van der Waals surface area contributed by atoms with E-state index in [9.17, 15) is 10.0 Å². The third-order valence-electron chi connectivity index (χ3n) is 20.4. The summed E-state index contributed by atoms with van der Waals surface area (Å²) < 4.78 is 1.17. The maximum absolute atomic E-state index is 9.71. The smallest absolute Gasteiger partial charge is 0.423 e. The summed E-state index contributed by atoms with van der Waals surface area (Å²) in [6.07, 6.45) is 12.9. The Labute approximate surface area is 655 Å². The van der Waals surface area contributed by atoms with E-state index in [0.717, 1.165) is 94.3 Å². The highest BCUT2D eigenvalue weighted by molar-refractivity contribution is 9.10. The van der Waals surface area contributed by atoms with Gasteiger partial charge in [-0.3, -0.25) is 19.9 Å². The van der Waals surface area contributed by atoms with E-state index < -0.39 is 7.12 Å². The highest BCUT2D eigenvalue weighted by atomic mass is 79.9. The van der Waals surface area contributed by atoms with Crippen molar-refractivity contribution in [3.63, 3.8) is 0 Å². The van der Waals surface area contributed by atoms with E-state index in [1.54, 1.807) is 30.6 Å². The minimum Gasteiger partial charge on any atom is -0.423 e. The van der Waals surface area contributed by atoms with Gasteiger partial charge in [0.05, 0.1) is 28.5 Å². The number of benzene rings is 14. The lowest BCUT2D eigenvalue weighted by Gasteiger charge is -2.18. The van der Waals surface area contributed by atoms with E-state index in [4.69, 9.17) is 19.9 Å². The van der Waals surface area contributed by atoms with Crippen LogP contribution in [-0.4, -0.2) is 57.0 Å². The Bertz CT molecular complexity index is 6780. The van der Waals surface area contributed by atoms with E-state index in [0.29, 0.717) is 28.5 Å². The van der Waals surface area contributed by atoms with Gasteiger partial charge in [-0.1, -0.05) is 297 Å². The van der Waals surface area contributed by atoms with Gasteiger partial charge < -0.3 is 10.0 Å². The highest BCUT2D eigenvalue weighted by Gasteiger charge is 2.22. The molecule has 112 heavy (non-hydrogen) atoms. The second-order valence-electron chi connectivity index (χ2n) is 27.3.